The van der Waals surface area contributed by atoms with Crippen molar-refractivity contribution in [1.29, 1.82) is 0 Å². The standard InChI is InChI=1S/C9H20N2O/c1-2-8-12-9-7-11-5-3-10-4-6-11/h10H,2-9H2,1H3. The maximum atomic E-state index is 5.42. The van der Waals surface area contributed by atoms with E-state index in [-0.39, 0.29) is 0 Å². The van der Waals surface area contributed by atoms with E-state index in [2.05, 4.69) is 17.1 Å². The minimum atomic E-state index is 0.897. The van der Waals surface area contributed by atoms with Crippen LogP contribution in [0, 0.1) is 0 Å². The smallest absolute Gasteiger partial charge is 0.0593 e. The molecule has 1 aliphatic heterocycles. The maximum absolute atomic E-state index is 5.42. The van der Waals surface area contributed by atoms with Gasteiger partial charge in [0.05, 0.1) is 6.61 Å². The van der Waals surface area contributed by atoms with Gasteiger partial charge in [-0.3, -0.25) is 4.90 Å². The molecule has 0 aromatic rings. The summed E-state index contributed by atoms with van der Waals surface area (Å²) in [7, 11) is 0. The molecule has 0 amide bonds. The third kappa shape index (κ3) is 4.04. The molecule has 0 aliphatic carbocycles. The van der Waals surface area contributed by atoms with Gasteiger partial charge in [0, 0.05) is 39.3 Å². The van der Waals surface area contributed by atoms with Crippen molar-refractivity contribution in [3.8, 4) is 0 Å². The highest BCUT2D eigenvalue weighted by atomic mass is 16.5. The van der Waals surface area contributed by atoms with Crippen LogP contribution in [0.25, 0.3) is 0 Å². The second kappa shape index (κ2) is 6.40. The van der Waals surface area contributed by atoms with E-state index in [4.69, 9.17) is 4.74 Å². The van der Waals surface area contributed by atoms with Crippen LogP contribution in [0.4, 0.5) is 0 Å². The zero-order valence-corrected chi connectivity index (χ0v) is 8.01. The summed E-state index contributed by atoms with van der Waals surface area (Å²) in [6, 6.07) is 0. The second-order valence-corrected chi connectivity index (χ2v) is 3.20. The number of piperazine rings is 1. The van der Waals surface area contributed by atoms with Gasteiger partial charge in [-0.2, -0.15) is 0 Å². The molecule has 0 unspecified atom stereocenters. The Balaban J connectivity index is 1.91. The fourth-order valence-corrected chi connectivity index (χ4v) is 1.37. The van der Waals surface area contributed by atoms with E-state index >= 15 is 0 Å². The molecule has 1 N–H and O–H groups in total. The van der Waals surface area contributed by atoms with Crippen molar-refractivity contribution in [3.63, 3.8) is 0 Å². The summed E-state index contributed by atoms with van der Waals surface area (Å²) in [6.45, 7) is 9.67. The molecular formula is C9H20N2O. The molecule has 1 rings (SSSR count). The Kier molecular flexibility index (Phi) is 5.32. The van der Waals surface area contributed by atoms with E-state index in [1.807, 2.05) is 0 Å². The zero-order valence-electron chi connectivity index (χ0n) is 8.01. The molecule has 1 heterocycles. The molecular weight excluding hydrogens is 152 g/mol. The van der Waals surface area contributed by atoms with Gasteiger partial charge in [-0.25, -0.2) is 0 Å². The minimum Gasteiger partial charge on any atom is -0.380 e. The highest BCUT2D eigenvalue weighted by Gasteiger charge is 2.07. The van der Waals surface area contributed by atoms with Gasteiger partial charge in [-0.1, -0.05) is 6.92 Å². The van der Waals surface area contributed by atoms with Crippen LogP contribution < -0.4 is 5.32 Å². The molecule has 72 valence electrons. The molecule has 1 aliphatic rings. The monoisotopic (exact) mass is 172 g/mol. The average molecular weight is 172 g/mol. The maximum Gasteiger partial charge on any atom is 0.0593 e. The summed E-state index contributed by atoms with van der Waals surface area (Å²) < 4.78 is 5.42. The van der Waals surface area contributed by atoms with Gasteiger partial charge in [-0.15, -0.1) is 0 Å². The first-order valence-electron chi connectivity index (χ1n) is 4.94. The van der Waals surface area contributed by atoms with Crippen LogP contribution in [-0.2, 0) is 4.74 Å². The Morgan fingerprint density at radius 2 is 2.00 bits per heavy atom. The van der Waals surface area contributed by atoms with Gasteiger partial charge in [0.2, 0.25) is 0 Å². The van der Waals surface area contributed by atoms with E-state index in [0.29, 0.717) is 0 Å². The van der Waals surface area contributed by atoms with Crippen LogP contribution in [-0.4, -0.2) is 50.8 Å². The van der Waals surface area contributed by atoms with Crippen LogP contribution in [0.3, 0.4) is 0 Å². The first-order valence-corrected chi connectivity index (χ1v) is 4.94. The lowest BCUT2D eigenvalue weighted by Crippen LogP contribution is -2.44. The quantitative estimate of drug-likeness (QED) is 0.604. The second-order valence-electron chi connectivity index (χ2n) is 3.20. The van der Waals surface area contributed by atoms with Crippen molar-refractivity contribution in [1.82, 2.24) is 10.2 Å². The third-order valence-electron chi connectivity index (χ3n) is 2.11. The molecule has 0 atom stereocenters. The molecule has 0 aromatic carbocycles. The number of hydrogen-bond donors (Lipinski definition) is 1. The number of hydrogen-bond acceptors (Lipinski definition) is 3. The number of ether oxygens (including phenoxy) is 1. The molecule has 0 saturated carbocycles. The number of rotatable bonds is 5. The van der Waals surface area contributed by atoms with Crippen molar-refractivity contribution in [2.45, 2.75) is 13.3 Å². The predicted octanol–water partition coefficient (Wildman–Crippen LogP) is 0.318. The van der Waals surface area contributed by atoms with Crippen LogP contribution in [0.2, 0.25) is 0 Å². The molecule has 1 fully saturated rings. The number of nitrogens with zero attached hydrogens (tertiary/aromatic N) is 1. The van der Waals surface area contributed by atoms with E-state index in [1.54, 1.807) is 0 Å². The third-order valence-corrected chi connectivity index (χ3v) is 2.11. The largest absolute Gasteiger partial charge is 0.380 e. The average Bonchev–Trinajstić information content (AvgIpc) is 2.14. The van der Waals surface area contributed by atoms with Crippen molar-refractivity contribution in [2.24, 2.45) is 0 Å². The van der Waals surface area contributed by atoms with E-state index in [9.17, 15) is 0 Å². The van der Waals surface area contributed by atoms with Gasteiger partial charge >= 0.3 is 0 Å². The van der Waals surface area contributed by atoms with E-state index in [1.165, 1.54) is 13.1 Å². The van der Waals surface area contributed by atoms with E-state index < -0.39 is 0 Å². The van der Waals surface area contributed by atoms with Crippen LogP contribution in [0.5, 0.6) is 0 Å². The highest BCUT2D eigenvalue weighted by molar-refractivity contribution is 4.66. The normalized spacial score (nSPS) is 19.8. The summed E-state index contributed by atoms with van der Waals surface area (Å²) in [5, 5.41) is 3.33. The Labute approximate surface area is 75.1 Å². The number of nitrogens with one attached hydrogen (secondary N) is 1. The van der Waals surface area contributed by atoms with Gasteiger partial charge in [0.25, 0.3) is 0 Å². The van der Waals surface area contributed by atoms with Crippen molar-refractivity contribution in [3.05, 3.63) is 0 Å². The summed E-state index contributed by atoms with van der Waals surface area (Å²) >= 11 is 0. The molecule has 0 spiro atoms. The zero-order chi connectivity index (χ0) is 8.65. The lowest BCUT2D eigenvalue weighted by atomic mass is 10.4. The van der Waals surface area contributed by atoms with Gasteiger partial charge in [0.15, 0.2) is 0 Å². The van der Waals surface area contributed by atoms with Gasteiger partial charge < -0.3 is 10.1 Å². The van der Waals surface area contributed by atoms with Crippen molar-refractivity contribution < 1.29 is 4.74 Å². The topological polar surface area (TPSA) is 24.5 Å². The Bertz CT molecular complexity index is 103. The highest BCUT2D eigenvalue weighted by Crippen LogP contribution is 1.91. The van der Waals surface area contributed by atoms with Gasteiger partial charge in [0.1, 0.15) is 0 Å². The molecule has 12 heavy (non-hydrogen) atoms. The molecule has 3 heteroatoms. The van der Waals surface area contributed by atoms with Crippen molar-refractivity contribution >= 4 is 0 Å². The Morgan fingerprint density at radius 1 is 1.25 bits per heavy atom. The van der Waals surface area contributed by atoms with Crippen molar-refractivity contribution in [2.75, 3.05) is 45.9 Å². The lowest BCUT2D eigenvalue weighted by molar-refractivity contribution is 0.0995. The summed E-state index contributed by atoms with van der Waals surface area (Å²) in [4.78, 5) is 2.45. The predicted molar refractivity (Wildman–Crippen MR) is 50.4 cm³/mol. The van der Waals surface area contributed by atoms with E-state index in [0.717, 1.165) is 39.3 Å². The molecule has 1 saturated heterocycles. The molecule has 0 aromatic heterocycles. The van der Waals surface area contributed by atoms with Crippen LogP contribution in [0.15, 0.2) is 0 Å². The molecule has 0 bridgehead atoms. The fourth-order valence-electron chi connectivity index (χ4n) is 1.37. The first-order chi connectivity index (χ1) is 5.93. The first kappa shape index (κ1) is 9.96. The van der Waals surface area contributed by atoms with Crippen LogP contribution >= 0.6 is 0 Å². The molecule has 3 nitrogen and oxygen atoms in total. The molecule has 0 radical (unpaired) electrons. The minimum absolute atomic E-state index is 0.897. The lowest BCUT2D eigenvalue weighted by Gasteiger charge is -2.26. The Hall–Kier alpha value is -0.120. The Morgan fingerprint density at radius 3 is 2.67 bits per heavy atom. The summed E-state index contributed by atoms with van der Waals surface area (Å²) in [5.41, 5.74) is 0. The SMILES string of the molecule is CCCOCCN1CCNCC1. The fraction of sp³-hybridized carbons (Fsp3) is 1.00. The van der Waals surface area contributed by atoms with Gasteiger partial charge in [-0.05, 0) is 6.42 Å². The summed E-state index contributed by atoms with van der Waals surface area (Å²) in [5.74, 6) is 0. The summed E-state index contributed by atoms with van der Waals surface area (Å²) in [6.07, 6.45) is 1.13. The van der Waals surface area contributed by atoms with Crippen LogP contribution in [0.1, 0.15) is 13.3 Å².